The Morgan fingerprint density at radius 2 is 2.04 bits per heavy atom. The van der Waals surface area contributed by atoms with E-state index in [4.69, 9.17) is 14.9 Å². The topological polar surface area (TPSA) is 110 Å². The molecule has 2 N–H and O–H groups in total. The SMILES string of the molecule is COc1ccc(Cn2nnc(C(=O)O)c2O[C@@H](C=N)CC(C)C)cc1. The molecule has 0 spiro atoms. The van der Waals surface area contributed by atoms with E-state index in [1.165, 1.54) is 4.68 Å². The third kappa shape index (κ3) is 4.79. The molecular weight excluding hydrogens is 324 g/mol. The quantitative estimate of drug-likeness (QED) is 0.675. The first-order valence-corrected chi connectivity index (χ1v) is 7.91. The van der Waals surface area contributed by atoms with Gasteiger partial charge in [-0.15, -0.1) is 5.10 Å². The molecule has 0 fully saturated rings. The number of carboxylic acids is 1. The van der Waals surface area contributed by atoms with Crippen LogP contribution in [0.4, 0.5) is 0 Å². The average molecular weight is 346 g/mol. The number of carbonyl (C=O) groups is 1. The summed E-state index contributed by atoms with van der Waals surface area (Å²) < 4.78 is 12.3. The van der Waals surface area contributed by atoms with Crippen molar-refractivity contribution in [2.24, 2.45) is 5.92 Å². The number of benzene rings is 1. The van der Waals surface area contributed by atoms with Crippen LogP contribution in [-0.4, -0.2) is 45.5 Å². The first-order chi connectivity index (χ1) is 11.9. The highest BCUT2D eigenvalue weighted by Crippen LogP contribution is 2.21. The Labute approximate surface area is 145 Å². The zero-order chi connectivity index (χ0) is 18.4. The summed E-state index contributed by atoms with van der Waals surface area (Å²) in [7, 11) is 1.59. The van der Waals surface area contributed by atoms with Crippen molar-refractivity contribution < 1.29 is 19.4 Å². The highest BCUT2D eigenvalue weighted by atomic mass is 16.5. The second-order valence-corrected chi connectivity index (χ2v) is 6.01. The molecule has 0 aliphatic heterocycles. The summed E-state index contributed by atoms with van der Waals surface area (Å²) in [6.45, 7) is 4.31. The molecular formula is C17H22N4O4. The maximum atomic E-state index is 11.4. The van der Waals surface area contributed by atoms with Gasteiger partial charge in [0.15, 0.2) is 0 Å². The molecule has 0 radical (unpaired) electrons. The van der Waals surface area contributed by atoms with Crippen molar-refractivity contribution in [2.75, 3.05) is 7.11 Å². The van der Waals surface area contributed by atoms with Crippen LogP contribution in [0, 0.1) is 11.3 Å². The minimum atomic E-state index is -1.22. The molecule has 1 atom stereocenters. The Hall–Kier alpha value is -2.90. The van der Waals surface area contributed by atoms with Gasteiger partial charge in [-0.25, -0.2) is 9.48 Å². The third-order valence-electron chi connectivity index (χ3n) is 3.54. The number of aromatic nitrogens is 3. The Morgan fingerprint density at radius 1 is 1.36 bits per heavy atom. The van der Waals surface area contributed by atoms with E-state index in [0.717, 1.165) is 17.5 Å². The van der Waals surface area contributed by atoms with E-state index in [9.17, 15) is 9.90 Å². The molecule has 2 rings (SSSR count). The fourth-order valence-electron chi connectivity index (χ4n) is 2.32. The Balaban J connectivity index is 2.27. The standard InChI is InChI=1S/C17H22N4O4/c1-11(2)8-14(9-18)25-16-15(17(22)23)19-20-21(16)10-12-4-6-13(24-3)7-5-12/h4-7,9,11,14,18H,8,10H2,1-3H3,(H,22,23)/t14-/m1/s1. The van der Waals surface area contributed by atoms with Gasteiger partial charge in [-0.05, 0) is 30.0 Å². The van der Waals surface area contributed by atoms with Crippen LogP contribution in [0.15, 0.2) is 24.3 Å². The van der Waals surface area contributed by atoms with Crippen molar-refractivity contribution in [3.63, 3.8) is 0 Å². The monoisotopic (exact) mass is 346 g/mol. The second-order valence-electron chi connectivity index (χ2n) is 6.01. The Kier molecular flexibility index (Phi) is 6.10. The lowest BCUT2D eigenvalue weighted by atomic mass is 10.1. The summed E-state index contributed by atoms with van der Waals surface area (Å²) in [5.41, 5.74) is 0.631. The molecule has 0 bridgehead atoms. The van der Waals surface area contributed by atoms with Crippen LogP contribution >= 0.6 is 0 Å². The van der Waals surface area contributed by atoms with Crippen molar-refractivity contribution in [2.45, 2.75) is 32.9 Å². The maximum absolute atomic E-state index is 11.4. The first kappa shape index (κ1) is 18.4. The van der Waals surface area contributed by atoms with E-state index in [2.05, 4.69) is 10.3 Å². The Bertz CT molecular complexity index is 725. The predicted octanol–water partition coefficient (Wildman–Crippen LogP) is 2.48. The van der Waals surface area contributed by atoms with E-state index in [1.807, 2.05) is 38.1 Å². The summed E-state index contributed by atoms with van der Waals surface area (Å²) >= 11 is 0. The van der Waals surface area contributed by atoms with Crippen molar-refractivity contribution in [3.8, 4) is 11.6 Å². The van der Waals surface area contributed by atoms with Gasteiger partial charge in [0.2, 0.25) is 11.6 Å². The van der Waals surface area contributed by atoms with Crippen molar-refractivity contribution in [3.05, 3.63) is 35.5 Å². The van der Waals surface area contributed by atoms with Gasteiger partial charge in [-0.2, -0.15) is 0 Å². The number of carboxylic acid groups (broad SMARTS) is 1. The maximum Gasteiger partial charge on any atom is 0.362 e. The molecule has 0 aliphatic carbocycles. The number of nitrogens with one attached hydrogen (secondary N) is 1. The van der Waals surface area contributed by atoms with Gasteiger partial charge in [-0.3, -0.25) is 0 Å². The zero-order valence-electron chi connectivity index (χ0n) is 14.5. The fraction of sp³-hybridized carbons (Fsp3) is 0.412. The lowest BCUT2D eigenvalue weighted by molar-refractivity contribution is 0.0683. The minimum absolute atomic E-state index is 0.0532. The lowest BCUT2D eigenvalue weighted by Crippen LogP contribution is -2.23. The number of hydrogen-bond donors (Lipinski definition) is 2. The van der Waals surface area contributed by atoms with E-state index in [1.54, 1.807) is 7.11 Å². The van der Waals surface area contributed by atoms with E-state index >= 15 is 0 Å². The van der Waals surface area contributed by atoms with Crippen LogP contribution in [0.5, 0.6) is 11.6 Å². The highest BCUT2D eigenvalue weighted by Gasteiger charge is 2.24. The van der Waals surface area contributed by atoms with Crippen LogP contribution in [0.1, 0.15) is 36.3 Å². The summed E-state index contributed by atoms with van der Waals surface area (Å²) in [5, 5.41) is 24.4. The Morgan fingerprint density at radius 3 is 2.56 bits per heavy atom. The van der Waals surface area contributed by atoms with Gasteiger partial charge < -0.3 is 20.0 Å². The number of rotatable bonds is 9. The van der Waals surface area contributed by atoms with E-state index in [-0.39, 0.29) is 11.6 Å². The predicted molar refractivity (Wildman–Crippen MR) is 91.7 cm³/mol. The molecule has 0 amide bonds. The largest absolute Gasteiger partial charge is 0.497 e. The van der Waals surface area contributed by atoms with Gasteiger partial charge >= 0.3 is 5.97 Å². The number of methoxy groups -OCH3 is 1. The molecule has 8 heteroatoms. The number of ether oxygens (including phenoxy) is 2. The number of nitrogens with zero attached hydrogens (tertiary/aromatic N) is 3. The van der Waals surface area contributed by atoms with Crippen molar-refractivity contribution in [1.29, 1.82) is 5.41 Å². The summed E-state index contributed by atoms with van der Waals surface area (Å²) in [4.78, 5) is 11.4. The molecule has 1 heterocycles. The lowest BCUT2D eigenvalue weighted by Gasteiger charge is -2.17. The molecule has 1 aromatic heterocycles. The molecule has 0 saturated carbocycles. The molecule has 134 valence electrons. The smallest absolute Gasteiger partial charge is 0.362 e. The van der Waals surface area contributed by atoms with Gasteiger partial charge in [0.05, 0.1) is 13.7 Å². The van der Waals surface area contributed by atoms with E-state index < -0.39 is 12.1 Å². The number of aromatic carboxylic acids is 1. The zero-order valence-corrected chi connectivity index (χ0v) is 14.5. The second kappa shape index (κ2) is 8.27. The average Bonchev–Trinajstić information content (AvgIpc) is 2.97. The van der Waals surface area contributed by atoms with Crippen molar-refractivity contribution >= 4 is 12.2 Å². The third-order valence-corrected chi connectivity index (χ3v) is 3.54. The highest BCUT2D eigenvalue weighted by molar-refractivity contribution is 5.87. The van der Waals surface area contributed by atoms with Gasteiger partial charge in [0.25, 0.3) is 0 Å². The molecule has 0 unspecified atom stereocenters. The molecule has 1 aromatic carbocycles. The van der Waals surface area contributed by atoms with E-state index in [0.29, 0.717) is 18.9 Å². The summed E-state index contributed by atoms with van der Waals surface area (Å²) in [6, 6.07) is 7.33. The van der Waals surface area contributed by atoms with Crippen LogP contribution in [0.3, 0.4) is 0 Å². The van der Waals surface area contributed by atoms with Crippen LogP contribution in [0.2, 0.25) is 0 Å². The fourth-order valence-corrected chi connectivity index (χ4v) is 2.32. The van der Waals surface area contributed by atoms with Crippen LogP contribution in [0.25, 0.3) is 0 Å². The van der Waals surface area contributed by atoms with Gasteiger partial charge in [0.1, 0.15) is 11.9 Å². The van der Waals surface area contributed by atoms with Crippen molar-refractivity contribution in [1.82, 2.24) is 15.0 Å². The van der Waals surface area contributed by atoms with Gasteiger partial charge in [0, 0.05) is 6.21 Å². The summed E-state index contributed by atoms with van der Waals surface area (Å²) in [5.74, 6) is -0.140. The van der Waals surface area contributed by atoms with Crippen LogP contribution in [-0.2, 0) is 6.54 Å². The molecule has 2 aromatic rings. The minimum Gasteiger partial charge on any atom is -0.497 e. The molecule has 25 heavy (non-hydrogen) atoms. The molecule has 8 nitrogen and oxygen atoms in total. The first-order valence-electron chi connectivity index (χ1n) is 7.91. The van der Waals surface area contributed by atoms with Crippen LogP contribution < -0.4 is 9.47 Å². The molecule has 0 aliphatic rings. The molecule has 0 saturated heterocycles. The normalized spacial score (nSPS) is 12.0. The van der Waals surface area contributed by atoms with Gasteiger partial charge in [-0.1, -0.05) is 31.2 Å². The summed E-state index contributed by atoms with van der Waals surface area (Å²) in [6.07, 6.45) is 1.22. The number of hydrogen-bond acceptors (Lipinski definition) is 6.